The van der Waals surface area contributed by atoms with Crippen molar-refractivity contribution in [1.82, 2.24) is 4.98 Å². The van der Waals surface area contributed by atoms with Gasteiger partial charge in [-0.3, -0.25) is 4.79 Å². The molecule has 4 nitrogen and oxygen atoms in total. The van der Waals surface area contributed by atoms with E-state index in [2.05, 4.69) is 30.2 Å². The summed E-state index contributed by atoms with van der Waals surface area (Å²) in [7, 11) is 0. The fourth-order valence-corrected chi connectivity index (χ4v) is 3.24. The molecule has 0 radical (unpaired) electrons. The molecule has 130 valence electrons. The number of pyridine rings is 1. The molecule has 0 saturated heterocycles. The van der Waals surface area contributed by atoms with Crippen LogP contribution in [0, 0.1) is 24.2 Å². The van der Waals surface area contributed by atoms with Crippen LogP contribution in [0.3, 0.4) is 0 Å². The van der Waals surface area contributed by atoms with Crippen LogP contribution in [0.5, 0.6) is 0 Å². The van der Waals surface area contributed by atoms with Crippen LogP contribution >= 0.6 is 11.8 Å². The van der Waals surface area contributed by atoms with Gasteiger partial charge in [0.15, 0.2) is 0 Å². The summed E-state index contributed by atoms with van der Waals surface area (Å²) in [5.41, 5.74) is 3.51. The summed E-state index contributed by atoms with van der Waals surface area (Å²) in [5.74, 6) is 1.07. The van der Waals surface area contributed by atoms with Gasteiger partial charge in [-0.25, -0.2) is 4.98 Å². The van der Waals surface area contributed by atoms with E-state index in [1.54, 1.807) is 0 Å². The van der Waals surface area contributed by atoms with E-state index in [9.17, 15) is 10.1 Å². The lowest BCUT2D eigenvalue weighted by Crippen LogP contribution is -2.12. The smallest absolute Gasteiger partial charge is 0.225 e. The van der Waals surface area contributed by atoms with Crippen LogP contribution in [0.15, 0.2) is 41.4 Å². The molecule has 5 heteroatoms. The Labute approximate surface area is 153 Å². The summed E-state index contributed by atoms with van der Waals surface area (Å²) >= 11 is 1.46. The van der Waals surface area contributed by atoms with E-state index >= 15 is 0 Å². The van der Waals surface area contributed by atoms with E-state index in [1.807, 2.05) is 43.3 Å². The Kier molecular flexibility index (Phi) is 7.03. The Morgan fingerprint density at radius 1 is 1.24 bits per heavy atom. The van der Waals surface area contributed by atoms with Gasteiger partial charge in [-0.05, 0) is 43.5 Å². The van der Waals surface area contributed by atoms with E-state index in [0.717, 1.165) is 23.4 Å². The normalized spacial score (nSPS) is 10.5. The number of benzene rings is 1. The number of rotatable bonds is 7. The number of carbonyl (C=O) groups is 1. The van der Waals surface area contributed by atoms with Crippen LogP contribution in [-0.4, -0.2) is 16.6 Å². The first-order valence-corrected chi connectivity index (χ1v) is 9.36. The average Bonchev–Trinajstić information content (AvgIpc) is 2.57. The Hall–Kier alpha value is -2.32. The Bertz CT molecular complexity index is 764. The summed E-state index contributed by atoms with van der Waals surface area (Å²) in [6, 6.07) is 13.6. The molecule has 0 aliphatic carbocycles. The largest absolute Gasteiger partial charge is 0.326 e. The van der Waals surface area contributed by atoms with Crippen molar-refractivity contribution in [2.45, 2.75) is 38.6 Å². The molecular formula is C20H23N3OS. The SMILES string of the molecule is Cc1ccc(NC(=O)CCSc2nc(CC(C)C)ccc2C#N)cc1. The highest BCUT2D eigenvalue weighted by Crippen LogP contribution is 2.22. The van der Waals surface area contributed by atoms with Crippen molar-refractivity contribution in [1.29, 1.82) is 5.26 Å². The fourth-order valence-electron chi connectivity index (χ4n) is 2.31. The van der Waals surface area contributed by atoms with Gasteiger partial charge in [-0.1, -0.05) is 31.5 Å². The first kappa shape index (κ1) is 19.0. The highest BCUT2D eigenvalue weighted by atomic mass is 32.2. The van der Waals surface area contributed by atoms with E-state index in [-0.39, 0.29) is 5.91 Å². The quantitative estimate of drug-likeness (QED) is 0.740. The molecule has 0 spiro atoms. The predicted molar refractivity (Wildman–Crippen MR) is 103 cm³/mol. The van der Waals surface area contributed by atoms with Gasteiger partial charge in [0.2, 0.25) is 5.91 Å². The van der Waals surface area contributed by atoms with E-state index < -0.39 is 0 Å². The van der Waals surface area contributed by atoms with E-state index in [0.29, 0.717) is 28.7 Å². The maximum Gasteiger partial charge on any atom is 0.225 e. The summed E-state index contributed by atoms with van der Waals surface area (Å²) in [4.78, 5) is 16.6. The minimum Gasteiger partial charge on any atom is -0.326 e. The maximum absolute atomic E-state index is 12.0. The lowest BCUT2D eigenvalue weighted by molar-refractivity contribution is -0.115. The van der Waals surface area contributed by atoms with Crippen molar-refractivity contribution >= 4 is 23.4 Å². The van der Waals surface area contributed by atoms with Gasteiger partial charge < -0.3 is 5.32 Å². The molecule has 2 aromatic rings. The van der Waals surface area contributed by atoms with Crippen molar-refractivity contribution in [3.8, 4) is 6.07 Å². The molecule has 0 atom stereocenters. The van der Waals surface area contributed by atoms with Crippen LogP contribution in [0.4, 0.5) is 5.69 Å². The van der Waals surface area contributed by atoms with Crippen LogP contribution in [0.2, 0.25) is 0 Å². The molecule has 1 aromatic heterocycles. The lowest BCUT2D eigenvalue weighted by Gasteiger charge is -2.09. The Morgan fingerprint density at radius 3 is 2.60 bits per heavy atom. The van der Waals surface area contributed by atoms with E-state index in [4.69, 9.17) is 0 Å². The van der Waals surface area contributed by atoms with Gasteiger partial charge in [0, 0.05) is 23.6 Å². The van der Waals surface area contributed by atoms with Crippen molar-refractivity contribution in [3.05, 3.63) is 53.2 Å². The molecule has 0 bridgehead atoms. The number of aryl methyl sites for hydroxylation is 1. The maximum atomic E-state index is 12.0. The number of hydrogen-bond donors (Lipinski definition) is 1. The predicted octanol–water partition coefficient (Wildman–Crippen LogP) is 4.58. The van der Waals surface area contributed by atoms with Gasteiger partial charge in [0.25, 0.3) is 0 Å². The van der Waals surface area contributed by atoms with Gasteiger partial charge in [0.1, 0.15) is 11.1 Å². The van der Waals surface area contributed by atoms with Gasteiger partial charge in [0.05, 0.1) is 5.56 Å². The standard InChI is InChI=1S/C20H23N3OS/c1-14(2)12-18-9-6-16(13-21)20(23-18)25-11-10-19(24)22-17-7-4-15(3)5-8-17/h4-9,14H,10-12H2,1-3H3,(H,22,24). The molecule has 0 saturated carbocycles. The number of hydrogen-bond acceptors (Lipinski definition) is 4. The monoisotopic (exact) mass is 353 g/mol. The zero-order valence-electron chi connectivity index (χ0n) is 14.9. The number of anilines is 1. The van der Waals surface area contributed by atoms with Crippen molar-refractivity contribution in [2.24, 2.45) is 5.92 Å². The van der Waals surface area contributed by atoms with Crippen LogP contribution in [0.25, 0.3) is 0 Å². The molecule has 0 aliphatic rings. The molecular weight excluding hydrogens is 330 g/mol. The van der Waals surface area contributed by atoms with Crippen LogP contribution in [-0.2, 0) is 11.2 Å². The highest BCUT2D eigenvalue weighted by molar-refractivity contribution is 7.99. The summed E-state index contributed by atoms with van der Waals surface area (Å²) in [6.45, 7) is 6.29. The summed E-state index contributed by atoms with van der Waals surface area (Å²) < 4.78 is 0. The van der Waals surface area contributed by atoms with Crippen molar-refractivity contribution < 1.29 is 4.79 Å². The minimum absolute atomic E-state index is 0.0341. The Morgan fingerprint density at radius 2 is 1.96 bits per heavy atom. The Balaban J connectivity index is 1.90. The molecule has 0 fully saturated rings. The minimum atomic E-state index is -0.0341. The number of carbonyl (C=O) groups excluding carboxylic acids is 1. The second kappa shape index (κ2) is 9.24. The zero-order chi connectivity index (χ0) is 18.2. The second-order valence-corrected chi connectivity index (χ2v) is 7.46. The lowest BCUT2D eigenvalue weighted by atomic mass is 10.1. The van der Waals surface area contributed by atoms with Crippen molar-refractivity contribution in [2.75, 3.05) is 11.1 Å². The number of thioether (sulfide) groups is 1. The van der Waals surface area contributed by atoms with Crippen molar-refractivity contribution in [3.63, 3.8) is 0 Å². The first-order chi connectivity index (χ1) is 12.0. The van der Waals surface area contributed by atoms with E-state index in [1.165, 1.54) is 11.8 Å². The molecule has 0 unspecified atom stereocenters. The molecule has 25 heavy (non-hydrogen) atoms. The topological polar surface area (TPSA) is 65.8 Å². The van der Waals surface area contributed by atoms with Gasteiger partial charge in [-0.15, -0.1) is 11.8 Å². The fraction of sp³-hybridized carbons (Fsp3) is 0.350. The number of nitriles is 1. The molecule has 1 aromatic carbocycles. The van der Waals surface area contributed by atoms with Gasteiger partial charge in [-0.2, -0.15) is 5.26 Å². The molecule has 2 rings (SSSR count). The molecule has 1 amide bonds. The summed E-state index contributed by atoms with van der Waals surface area (Å²) in [6.07, 6.45) is 1.26. The van der Waals surface area contributed by atoms with Gasteiger partial charge >= 0.3 is 0 Å². The first-order valence-electron chi connectivity index (χ1n) is 8.37. The molecule has 1 heterocycles. The number of nitrogens with one attached hydrogen (secondary N) is 1. The third-order valence-electron chi connectivity index (χ3n) is 3.56. The third kappa shape index (κ3) is 6.24. The number of aromatic nitrogens is 1. The van der Waals surface area contributed by atoms with Crippen LogP contribution in [0.1, 0.15) is 37.1 Å². The number of nitrogens with zero attached hydrogens (tertiary/aromatic N) is 2. The molecule has 0 aliphatic heterocycles. The molecule has 1 N–H and O–H groups in total. The average molecular weight is 353 g/mol. The second-order valence-electron chi connectivity index (χ2n) is 6.38. The van der Waals surface area contributed by atoms with Crippen LogP contribution < -0.4 is 5.32 Å². The summed E-state index contributed by atoms with van der Waals surface area (Å²) in [5, 5.41) is 12.8. The third-order valence-corrected chi connectivity index (χ3v) is 4.55. The number of amides is 1. The highest BCUT2D eigenvalue weighted by Gasteiger charge is 2.09. The zero-order valence-corrected chi connectivity index (χ0v) is 15.7.